The van der Waals surface area contributed by atoms with E-state index in [0.717, 1.165) is 5.56 Å². The van der Waals surface area contributed by atoms with Crippen molar-refractivity contribution in [1.82, 2.24) is 0 Å². The fourth-order valence-corrected chi connectivity index (χ4v) is 5.00. The van der Waals surface area contributed by atoms with Crippen LogP contribution in [0.5, 0.6) is 23.0 Å². The Labute approximate surface area is 213 Å². The average molecular weight is 521 g/mol. The summed E-state index contributed by atoms with van der Waals surface area (Å²) in [7, 11) is 2.80. The summed E-state index contributed by atoms with van der Waals surface area (Å²) in [6, 6.07) is 8.08. The van der Waals surface area contributed by atoms with Crippen LogP contribution in [0.4, 0.5) is 0 Å². The third-order valence-corrected chi connectivity index (χ3v) is 7.09. The van der Waals surface area contributed by atoms with Crippen LogP contribution in [0.1, 0.15) is 22.8 Å². The molecule has 11 heteroatoms. The molecule has 2 aromatic carbocycles. The molecular weight excluding hydrogens is 488 g/mol. The summed E-state index contributed by atoms with van der Waals surface area (Å²) in [4.78, 5) is 12.7. The number of phenolic OH excluding ortho intramolecular Hbond substituents is 2. The van der Waals surface area contributed by atoms with Gasteiger partial charge in [-0.15, -0.1) is 0 Å². The first-order valence-corrected chi connectivity index (χ1v) is 11.9. The van der Waals surface area contributed by atoms with E-state index in [1.807, 2.05) is 0 Å². The minimum absolute atomic E-state index is 0.0125. The summed E-state index contributed by atoms with van der Waals surface area (Å²) >= 11 is 0. The van der Waals surface area contributed by atoms with Gasteiger partial charge in [-0.05, 0) is 48.2 Å². The number of aromatic hydroxyl groups is 2. The van der Waals surface area contributed by atoms with E-state index >= 15 is 0 Å². The second-order valence-electron chi connectivity index (χ2n) is 9.40. The summed E-state index contributed by atoms with van der Waals surface area (Å²) in [5.41, 5.74) is 1.52. The predicted molar refractivity (Wildman–Crippen MR) is 127 cm³/mol. The first kappa shape index (κ1) is 27.0. The minimum Gasteiger partial charge on any atom is -0.504 e. The molecule has 2 fully saturated rings. The van der Waals surface area contributed by atoms with Gasteiger partial charge < -0.3 is 49.6 Å². The molecule has 37 heavy (non-hydrogen) atoms. The number of cyclic esters (lactones) is 1. The van der Waals surface area contributed by atoms with Gasteiger partial charge in [0.1, 0.15) is 30.5 Å². The van der Waals surface area contributed by atoms with Gasteiger partial charge >= 0.3 is 5.97 Å². The summed E-state index contributed by atoms with van der Waals surface area (Å²) in [5, 5.41) is 61.1. The van der Waals surface area contributed by atoms with Crippen LogP contribution in [0.25, 0.3) is 0 Å². The highest BCUT2D eigenvalue weighted by Crippen LogP contribution is 2.42. The second kappa shape index (κ2) is 11.1. The summed E-state index contributed by atoms with van der Waals surface area (Å²) in [5.74, 6) is -1.02. The Morgan fingerprint density at radius 2 is 1.62 bits per heavy atom. The molecule has 7 unspecified atom stereocenters. The lowest BCUT2D eigenvalue weighted by Crippen LogP contribution is -2.55. The lowest BCUT2D eigenvalue weighted by atomic mass is 9.83. The third kappa shape index (κ3) is 5.32. The molecule has 2 aliphatic heterocycles. The van der Waals surface area contributed by atoms with Crippen molar-refractivity contribution in [1.29, 1.82) is 0 Å². The number of aliphatic hydroxyl groups is 4. The van der Waals surface area contributed by atoms with Crippen LogP contribution >= 0.6 is 0 Å². The Morgan fingerprint density at radius 1 is 0.919 bits per heavy atom. The SMILES string of the molecule is COc1cc(CC2COC(=O)C2Cc2cc(OC)c(O)c(C3OC(CO)C(O)C(O)C3O)c2)ccc1O. The van der Waals surface area contributed by atoms with Gasteiger partial charge in [0.25, 0.3) is 0 Å². The lowest BCUT2D eigenvalue weighted by Gasteiger charge is -2.40. The molecule has 0 radical (unpaired) electrons. The number of carbonyl (C=O) groups excluding carboxylic acids is 1. The van der Waals surface area contributed by atoms with Crippen molar-refractivity contribution in [3.63, 3.8) is 0 Å². The standard InChI is InChI=1S/C26H32O11/c1-34-18-8-12(3-4-17(18)28)5-14-11-36-26(33)15(14)6-13-7-16(21(29)19(9-13)35-2)25-24(32)23(31)22(30)20(10-27)37-25/h3-4,7-9,14-15,20,22-25,27-32H,5-6,10-11H2,1-2H3. The van der Waals surface area contributed by atoms with Crippen LogP contribution in [-0.4, -0.2) is 88.5 Å². The Kier molecular flexibility index (Phi) is 8.10. The van der Waals surface area contributed by atoms with Gasteiger partial charge in [-0.1, -0.05) is 6.07 Å². The maximum Gasteiger partial charge on any atom is 0.309 e. The van der Waals surface area contributed by atoms with E-state index in [9.17, 15) is 35.4 Å². The smallest absolute Gasteiger partial charge is 0.309 e. The summed E-state index contributed by atoms with van der Waals surface area (Å²) < 4.78 is 21.4. The molecule has 7 atom stereocenters. The van der Waals surface area contributed by atoms with Crippen molar-refractivity contribution in [2.75, 3.05) is 27.4 Å². The molecule has 2 heterocycles. The van der Waals surface area contributed by atoms with Crippen LogP contribution in [0.2, 0.25) is 0 Å². The largest absolute Gasteiger partial charge is 0.504 e. The quantitative estimate of drug-likeness (QED) is 0.262. The molecule has 2 saturated heterocycles. The van der Waals surface area contributed by atoms with Crippen LogP contribution in [0.15, 0.2) is 30.3 Å². The number of carbonyl (C=O) groups is 1. The molecule has 0 aromatic heterocycles. The van der Waals surface area contributed by atoms with Gasteiger partial charge in [-0.25, -0.2) is 0 Å². The van der Waals surface area contributed by atoms with Gasteiger partial charge in [0.05, 0.1) is 33.4 Å². The average Bonchev–Trinajstić information content (AvgIpc) is 3.23. The monoisotopic (exact) mass is 520 g/mol. The van der Waals surface area contributed by atoms with Gasteiger partial charge in [-0.2, -0.15) is 0 Å². The molecule has 6 N–H and O–H groups in total. The maximum atomic E-state index is 12.7. The molecule has 11 nitrogen and oxygen atoms in total. The molecule has 4 rings (SSSR count). The van der Waals surface area contributed by atoms with Crippen molar-refractivity contribution in [3.05, 3.63) is 47.0 Å². The lowest BCUT2D eigenvalue weighted by molar-refractivity contribution is -0.232. The number of aliphatic hydroxyl groups excluding tert-OH is 4. The minimum atomic E-state index is -1.62. The number of esters is 1. The normalized spacial score (nSPS) is 29.7. The van der Waals surface area contributed by atoms with E-state index in [-0.39, 0.29) is 47.7 Å². The van der Waals surface area contributed by atoms with E-state index < -0.39 is 43.0 Å². The number of hydrogen-bond donors (Lipinski definition) is 6. The Hall–Kier alpha value is -3.09. The van der Waals surface area contributed by atoms with Crippen LogP contribution in [0.3, 0.4) is 0 Å². The van der Waals surface area contributed by atoms with Crippen molar-refractivity contribution in [2.24, 2.45) is 11.8 Å². The zero-order valence-corrected chi connectivity index (χ0v) is 20.5. The Morgan fingerprint density at radius 3 is 2.30 bits per heavy atom. The number of hydrogen-bond acceptors (Lipinski definition) is 11. The van der Waals surface area contributed by atoms with E-state index in [0.29, 0.717) is 17.7 Å². The van der Waals surface area contributed by atoms with Gasteiger partial charge in [-0.3, -0.25) is 4.79 Å². The zero-order chi connectivity index (χ0) is 26.9. The second-order valence-corrected chi connectivity index (χ2v) is 9.40. The van der Waals surface area contributed by atoms with Crippen LogP contribution < -0.4 is 9.47 Å². The summed E-state index contributed by atoms with van der Waals surface area (Å²) in [6.07, 6.45) is -6.49. The summed E-state index contributed by atoms with van der Waals surface area (Å²) in [6.45, 7) is -0.405. The molecular formula is C26H32O11. The Balaban J connectivity index is 1.62. The third-order valence-electron chi connectivity index (χ3n) is 7.09. The molecule has 0 amide bonds. The fraction of sp³-hybridized carbons (Fsp3) is 0.500. The Bertz CT molecular complexity index is 1120. The van der Waals surface area contributed by atoms with Crippen LogP contribution in [-0.2, 0) is 27.1 Å². The van der Waals surface area contributed by atoms with Crippen molar-refractivity contribution >= 4 is 5.97 Å². The number of rotatable bonds is 8. The number of phenols is 2. The van der Waals surface area contributed by atoms with Gasteiger partial charge in [0, 0.05) is 11.5 Å². The molecule has 0 bridgehead atoms. The van der Waals surface area contributed by atoms with Crippen molar-refractivity contribution in [3.8, 4) is 23.0 Å². The van der Waals surface area contributed by atoms with Crippen molar-refractivity contribution in [2.45, 2.75) is 43.4 Å². The van der Waals surface area contributed by atoms with E-state index in [1.54, 1.807) is 18.2 Å². The number of benzene rings is 2. The first-order valence-electron chi connectivity index (χ1n) is 11.9. The van der Waals surface area contributed by atoms with E-state index in [4.69, 9.17) is 18.9 Å². The zero-order valence-electron chi connectivity index (χ0n) is 20.5. The first-order chi connectivity index (χ1) is 17.7. The molecule has 0 saturated carbocycles. The fourth-order valence-electron chi connectivity index (χ4n) is 5.00. The number of methoxy groups -OCH3 is 2. The van der Waals surface area contributed by atoms with E-state index in [1.165, 1.54) is 26.4 Å². The highest BCUT2D eigenvalue weighted by atomic mass is 16.5. The van der Waals surface area contributed by atoms with Gasteiger partial charge in [0.15, 0.2) is 23.0 Å². The van der Waals surface area contributed by atoms with Crippen molar-refractivity contribution < 1.29 is 54.4 Å². The van der Waals surface area contributed by atoms with Crippen LogP contribution in [0, 0.1) is 11.8 Å². The molecule has 2 aliphatic rings. The van der Waals surface area contributed by atoms with E-state index in [2.05, 4.69) is 0 Å². The molecule has 0 spiro atoms. The number of ether oxygens (including phenoxy) is 4. The molecule has 202 valence electrons. The molecule has 0 aliphatic carbocycles. The predicted octanol–water partition coefficient (Wildman–Crippen LogP) is 0.204. The highest BCUT2D eigenvalue weighted by molar-refractivity contribution is 5.75. The topological polar surface area (TPSA) is 175 Å². The maximum absolute atomic E-state index is 12.7. The molecule has 2 aromatic rings. The highest BCUT2D eigenvalue weighted by Gasteiger charge is 2.45. The van der Waals surface area contributed by atoms with Gasteiger partial charge in [0.2, 0.25) is 0 Å².